The SMILES string of the molecule is Cc1cc(N)ccc1N=Nc1cc(C)c(NC(=O)c2ccccc2)c(C)c1. The molecule has 0 saturated carbocycles. The third kappa shape index (κ3) is 4.39. The molecule has 0 aromatic heterocycles. The van der Waals surface area contributed by atoms with Gasteiger partial charge in [0.25, 0.3) is 5.91 Å². The molecule has 1 amide bonds. The van der Waals surface area contributed by atoms with Crippen LogP contribution in [0.1, 0.15) is 27.0 Å². The van der Waals surface area contributed by atoms with Crippen LogP contribution >= 0.6 is 0 Å². The van der Waals surface area contributed by atoms with Gasteiger partial charge in [-0.1, -0.05) is 18.2 Å². The van der Waals surface area contributed by atoms with Gasteiger partial charge in [-0.25, -0.2) is 0 Å². The predicted molar refractivity (Wildman–Crippen MR) is 110 cm³/mol. The van der Waals surface area contributed by atoms with Gasteiger partial charge in [-0.2, -0.15) is 10.2 Å². The van der Waals surface area contributed by atoms with Crippen LogP contribution in [0.5, 0.6) is 0 Å². The summed E-state index contributed by atoms with van der Waals surface area (Å²) in [6.07, 6.45) is 0. The van der Waals surface area contributed by atoms with Crippen LogP contribution in [0.25, 0.3) is 0 Å². The van der Waals surface area contributed by atoms with Crippen molar-refractivity contribution in [2.75, 3.05) is 11.1 Å². The van der Waals surface area contributed by atoms with E-state index < -0.39 is 0 Å². The second-order valence-corrected chi connectivity index (χ2v) is 6.52. The Morgan fingerprint density at radius 2 is 1.52 bits per heavy atom. The average molecular weight is 358 g/mol. The summed E-state index contributed by atoms with van der Waals surface area (Å²) in [5.41, 5.74) is 12.2. The van der Waals surface area contributed by atoms with E-state index in [1.165, 1.54) is 0 Å². The van der Waals surface area contributed by atoms with Crippen molar-refractivity contribution in [1.29, 1.82) is 0 Å². The van der Waals surface area contributed by atoms with Gasteiger partial charge in [0.2, 0.25) is 0 Å². The Labute approximate surface area is 159 Å². The third-order valence-electron chi connectivity index (χ3n) is 4.29. The van der Waals surface area contributed by atoms with E-state index in [1.807, 2.05) is 63.2 Å². The lowest BCUT2D eigenvalue weighted by molar-refractivity contribution is 0.102. The Hall–Kier alpha value is -3.47. The van der Waals surface area contributed by atoms with Crippen LogP contribution < -0.4 is 11.1 Å². The first-order chi connectivity index (χ1) is 12.9. The highest BCUT2D eigenvalue weighted by molar-refractivity contribution is 6.05. The van der Waals surface area contributed by atoms with E-state index >= 15 is 0 Å². The van der Waals surface area contributed by atoms with Crippen LogP contribution in [0, 0.1) is 20.8 Å². The molecule has 0 atom stereocenters. The highest BCUT2D eigenvalue weighted by atomic mass is 16.1. The zero-order valence-electron chi connectivity index (χ0n) is 15.7. The Morgan fingerprint density at radius 3 is 2.15 bits per heavy atom. The molecular weight excluding hydrogens is 336 g/mol. The van der Waals surface area contributed by atoms with Gasteiger partial charge >= 0.3 is 0 Å². The largest absolute Gasteiger partial charge is 0.399 e. The minimum atomic E-state index is -0.131. The topological polar surface area (TPSA) is 79.8 Å². The van der Waals surface area contributed by atoms with E-state index in [0.29, 0.717) is 11.3 Å². The fraction of sp³-hybridized carbons (Fsp3) is 0.136. The highest BCUT2D eigenvalue weighted by Gasteiger charge is 2.10. The molecule has 0 radical (unpaired) electrons. The Bertz CT molecular complexity index is 987. The zero-order chi connectivity index (χ0) is 19.4. The summed E-state index contributed by atoms with van der Waals surface area (Å²) >= 11 is 0. The zero-order valence-corrected chi connectivity index (χ0v) is 15.7. The molecule has 0 bridgehead atoms. The summed E-state index contributed by atoms with van der Waals surface area (Å²) in [6.45, 7) is 5.84. The Balaban J connectivity index is 1.82. The second-order valence-electron chi connectivity index (χ2n) is 6.52. The number of hydrogen-bond acceptors (Lipinski definition) is 4. The molecule has 0 fully saturated rings. The minimum absolute atomic E-state index is 0.131. The van der Waals surface area contributed by atoms with Crippen LogP contribution in [0.15, 0.2) is 70.9 Å². The van der Waals surface area contributed by atoms with E-state index in [1.54, 1.807) is 18.2 Å². The molecule has 0 aliphatic rings. The first kappa shape index (κ1) is 18.3. The van der Waals surface area contributed by atoms with Crippen molar-refractivity contribution in [2.24, 2.45) is 10.2 Å². The number of carbonyl (C=O) groups excluding carboxylic acids is 1. The summed E-state index contributed by atoms with van der Waals surface area (Å²) in [4.78, 5) is 12.4. The first-order valence-electron chi connectivity index (χ1n) is 8.69. The minimum Gasteiger partial charge on any atom is -0.399 e. The van der Waals surface area contributed by atoms with Crippen molar-refractivity contribution in [3.8, 4) is 0 Å². The second kappa shape index (κ2) is 7.83. The average Bonchev–Trinajstić information content (AvgIpc) is 2.64. The normalized spacial score (nSPS) is 10.9. The van der Waals surface area contributed by atoms with Gasteiger partial charge < -0.3 is 11.1 Å². The van der Waals surface area contributed by atoms with Gasteiger partial charge in [0.15, 0.2) is 0 Å². The quantitative estimate of drug-likeness (QED) is 0.452. The fourth-order valence-electron chi connectivity index (χ4n) is 2.87. The van der Waals surface area contributed by atoms with Gasteiger partial charge in [-0.3, -0.25) is 4.79 Å². The number of nitrogens with two attached hydrogens (primary N) is 1. The molecule has 27 heavy (non-hydrogen) atoms. The van der Waals surface area contributed by atoms with E-state index in [-0.39, 0.29) is 5.91 Å². The molecule has 5 nitrogen and oxygen atoms in total. The molecule has 136 valence electrons. The van der Waals surface area contributed by atoms with Crippen molar-refractivity contribution < 1.29 is 4.79 Å². The molecule has 3 rings (SSSR count). The molecule has 5 heteroatoms. The maximum atomic E-state index is 12.4. The molecular formula is C22H22N4O. The van der Waals surface area contributed by atoms with Crippen molar-refractivity contribution in [1.82, 2.24) is 0 Å². The Kier molecular flexibility index (Phi) is 5.31. The number of amides is 1. The number of anilines is 2. The van der Waals surface area contributed by atoms with Gasteiger partial charge in [-0.05, 0) is 79.9 Å². The number of nitrogen functional groups attached to an aromatic ring is 1. The molecule has 0 spiro atoms. The number of azo groups is 1. The smallest absolute Gasteiger partial charge is 0.255 e. The van der Waals surface area contributed by atoms with Gasteiger partial charge in [0.1, 0.15) is 0 Å². The van der Waals surface area contributed by atoms with E-state index in [0.717, 1.165) is 33.8 Å². The highest BCUT2D eigenvalue weighted by Crippen LogP contribution is 2.29. The summed E-state index contributed by atoms with van der Waals surface area (Å²) in [6, 6.07) is 18.5. The molecule has 3 aromatic carbocycles. The van der Waals surface area contributed by atoms with Crippen molar-refractivity contribution in [3.05, 3.63) is 82.9 Å². The summed E-state index contributed by atoms with van der Waals surface area (Å²) in [5.74, 6) is -0.131. The Morgan fingerprint density at radius 1 is 0.852 bits per heavy atom. The maximum absolute atomic E-state index is 12.4. The molecule has 0 aliphatic heterocycles. The van der Waals surface area contributed by atoms with E-state index in [9.17, 15) is 4.79 Å². The third-order valence-corrected chi connectivity index (χ3v) is 4.29. The monoisotopic (exact) mass is 358 g/mol. The van der Waals surface area contributed by atoms with Gasteiger partial charge in [-0.15, -0.1) is 0 Å². The number of aryl methyl sites for hydroxylation is 3. The molecule has 3 aromatic rings. The lowest BCUT2D eigenvalue weighted by Gasteiger charge is -2.12. The molecule has 0 aliphatic carbocycles. The summed E-state index contributed by atoms with van der Waals surface area (Å²) in [5, 5.41) is 11.6. The van der Waals surface area contributed by atoms with Crippen LogP contribution in [0.3, 0.4) is 0 Å². The lowest BCUT2D eigenvalue weighted by Crippen LogP contribution is -2.13. The molecule has 0 unspecified atom stereocenters. The van der Waals surface area contributed by atoms with Crippen LogP contribution in [-0.4, -0.2) is 5.91 Å². The number of hydrogen-bond donors (Lipinski definition) is 2. The van der Waals surface area contributed by atoms with Crippen molar-refractivity contribution in [3.63, 3.8) is 0 Å². The van der Waals surface area contributed by atoms with Crippen LogP contribution in [-0.2, 0) is 0 Å². The number of carbonyl (C=O) groups is 1. The van der Waals surface area contributed by atoms with Crippen LogP contribution in [0.4, 0.5) is 22.7 Å². The first-order valence-corrected chi connectivity index (χ1v) is 8.69. The molecule has 0 heterocycles. The molecule has 3 N–H and O–H groups in total. The number of nitrogens with one attached hydrogen (secondary N) is 1. The lowest BCUT2D eigenvalue weighted by atomic mass is 10.1. The maximum Gasteiger partial charge on any atom is 0.255 e. The van der Waals surface area contributed by atoms with E-state index in [4.69, 9.17) is 5.73 Å². The fourth-order valence-corrected chi connectivity index (χ4v) is 2.87. The summed E-state index contributed by atoms with van der Waals surface area (Å²) < 4.78 is 0. The van der Waals surface area contributed by atoms with Crippen molar-refractivity contribution in [2.45, 2.75) is 20.8 Å². The van der Waals surface area contributed by atoms with Crippen molar-refractivity contribution >= 4 is 28.7 Å². The summed E-state index contributed by atoms with van der Waals surface area (Å²) in [7, 11) is 0. The van der Waals surface area contributed by atoms with Gasteiger partial charge in [0.05, 0.1) is 11.4 Å². The predicted octanol–water partition coefficient (Wildman–Crippen LogP) is 5.86. The molecule has 0 saturated heterocycles. The standard InChI is InChI=1S/C22H22N4O/c1-14-11-18(23)9-10-20(14)26-25-19-12-15(2)21(16(3)13-19)24-22(27)17-7-5-4-6-8-17/h4-13H,23H2,1-3H3,(H,24,27). The van der Waals surface area contributed by atoms with Crippen LogP contribution in [0.2, 0.25) is 0 Å². The van der Waals surface area contributed by atoms with Gasteiger partial charge in [0, 0.05) is 16.9 Å². The van der Waals surface area contributed by atoms with E-state index in [2.05, 4.69) is 15.5 Å². The number of benzene rings is 3. The number of rotatable bonds is 4. The number of nitrogens with zero attached hydrogens (tertiary/aromatic N) is 2.